The van der Waals surface area contributed by atoms with E-state index in [4.69, 9.17) is 0 Å². The van der Waals surface area contributed by atoms with Crippen molar-refractivity contribution in [1.82, 2.24) is 20.0 Å². The number of halogens is 1. The van der Waals surface area contributed by atoms with E-state index in [1.807, 2.05) is 0 Å². The van der Waals surface area contributed by atoms with Crippen LogP contribution in [-0.2, 0) is 4.79 Å². The highest BCUT2D eigenvalue weighted by atomic mass is 32.2. The first kappa shape index (κ1) is 19.4. The second-order valence-corrected chi connectivity index (χ2v) is 7.88. The van der Waals surface area contributed by atoms with Gasteiger partial charge >= 0.3 is 0 Å². The number of hydrogen-bond donors (Lipinski definition) is 1. The van der Waals surface area contributed by atoms with E-state index in [9.17, 15) is 14.0 Å². The number of benzene rings is 1. The Bertz CT molecular complexity index is 810. The average molecular weight is 390 g/mol. The highest BCUT2D eigenvalue weighted by molar-refractivity contribution is 7.99. The summed E-state index contributed by atoms with van der Waals surface area (Å²) in [6.07, 6.45) is 4.08. The number of aromatic nitrogens is 2. The predicted octanol–water partition coefficient (Wildman–Crippen LogP) is 2.69. The van der Waals surface area contributed by atoms with Crippen LogP contribution in [0, 0.1) is 11.7 Å². The number of carbonyl (C=O) groups excluding carboxylic acids is 2. The highest BCUT2D eigenvalue weighted by Gasteiger charge is 2.35. The lowest BCUT2D eigenvalue weighted by Gasteiger charge is -2.23. The molecular formula is C19H23FN4O2S. The van der Waals surface area contributed by atoms with Gasteiger partial charge in [0.15, 0.2) is 0 Å². The molecule has 0 unspecified atom stereocenters. The predicted molar refractivity (Wildman–Crippen MR) is 103 cm³/mol. The number of hydrogen-bond acceptors (Lipinski definition) is 4. The lowest BCUT2D eigenvalue weighted by atomic mass is 10.1. The Kier molecular flexibility index (Phi) is 6.15. The van der Waals surface area contributed by atoms with Gasteiger partial charge in [0.05, 0.1) is 5.88 Å². The molecule has 1 saturated heterocycles. The molecule has 0 spiro atoms. The van der Waals surface area contributed by atoms with E-state index in [1.165, 1.54) is 33.5 Å². The molecule has 1 aliphatic rings. The molecule has 27 heavy (non-hydrogen) atoms. The zero-order valence-corrected chi connectivity index (χ0v) is 16.2. The maximum absolute atomic E-state index is 14.4. The summed E-state index contributed by atoms with van der Waals surface area (Å²) in [5.74, 6) is 0.445. The summed E-state index contributed by atoms with van der Waals surface area (Å²) in [4.78, 5) is 26.8. The quantitative estimate of drug-likeness (QED) is 0.824. The Morgan fingerprint density at radius 3 is 2.89 bits per heavy atom. The molecule has 6 nitrogen and oxygen atoms in total. The third kappa shape index (κ3) is 4.50. The molecule has 0 aliphatic carbocycles. The fourth-order valence-electron chi connectivity index (χ4n) is 2.86. The summed E-state index contributed by atoms with van der Waals surface area (Å²) >= 11 is 1.52. The van der Waals surface area contributed by atoms with Gasteiger partial charge in [-0.3, -0.25) is 9.59 Å². The molecule has 1 aromatic heterocycles. The Hall–Kier alpha value is -2.35. The largest absolute Gasteiger partial charge is 0.354 e. The van der Waals surface area contributed by atoms with Crippen molar-refractivity contribution in [2.24, 2.45) is 5.92 Å². The summed E-state index contributed by atoms with van der Waals surface area (Å²) in [6.45, 7) is 4.77. The molecule has 2 heterocycles. The normalized spacial score (nSPS) is 16.7. The molecule has 1 N–H and O–H groups in total. The smallest absolute Gasteiger partial charge is 0.255 e. The minimum Gasteiger partial charge on any atom is -0.354 e. The van der Waals surface area contributed by atoms with Crippen LogP contribution in [0.25, 0.3) is 5.69 Å². The average Bonchev–Trinajstić information content (AvgIpc) is 3.32. The second kappa shape index (κ2) is 8.56. The molecular weight excluding hydrogens is 367 g/mol. The maximum atomic E-state index is 14.4. The fourth-order valence-corrected chi connectivity index (χ4v) is 4.02. The van der Waals surface area contributed by atoms with E-state index in [-0.39, 0.29) is 23.1 Å². The molecule has 1 aromatic carbocycles. The highest BCUT2D eigenvalue weighted by Crippen LogP contribution is 2.24. The van der Waals surface area contributed by atoms with Crippen LogP contribution in [0.3, 0.4) is 0 Å². The topological polar surface area (TPSA) is 67.2 Å². The minimum atomic E-state index is -0.533. The van der Waals surface area contributed by atoms with Gasteiger partial charge in [-0.15, -0.1) is 11.8 Å². The van der Waals surface area contributed by atoms with Crippen LogP contribution >= 0.6 is 11.8 Å². The lowest BCUT2D eigenvalue weighted by Crippen LogP contribution is -2.47. The Morgan fingerprint density at radius 1 is 1.41 bits per heavy atom. The molecule has 8 heteroatoms. The van der Waals surface area contributed by atoms with Gasteiger partial charge in [0.2, 0.25) is 5.91 Å². The molecule has 0 saturated carbocycles. The van der Waals surface area contributed by atoms with Crippen molar-refractivity contribution in [2.45, 2.75) is 26.3 Å². The van der Waals surface area contributed by atoms with Crippen LogP contribution in [-0.4, -0.2) is 50.7 Å². The third-order valence-corrected chi connectivity index (χ3v) is 5.42. The summed E-state index contributed by atoms with van der Waals surface area (Å²) in [7, 11) is 0. The molecule has 144 valence electrons. The summed E-state index contributed by atoms with van der Waals surface area (Å²) in [5.41, 5.74) is 0.501. The zero-order chi connectivity index (χ0) is 19.4. The summed E-state index contributed by atoms with van der Waals surface area (Å²) in [6, 6.07) is 5.47. The van der Waals surface area contributed by atoms with E-state index in [0.29, 0.717) is 24.1 Å². The van der Waals surface area contributed by atoms with Crippen LogP contribution in [0.15, 0.2) is 36.7 Å². The van der Waals surface area contributed by atoms with Crippen LogP contribution in [0.5, 0.6) is 0 Å². The summed E-state index contributed by atoms with van der Waals surface area (Å²) in [5, 5.41) is 6.90. The SMILES string of the molecule is CC(C)CCNC(=O)[C@@H]1CSCN1C(=O)c1ccc(-n2cccn2)c(F)c1. The molecule has 3 rings (SSSR count). The maximum Gasteiger partial charge on any atom is 0.255 e. The Labute approximate surface area is 162 Å². The number of nitrogens with zero attached hydrogens (tertiary/aromatic N) is 3. The van der Waals surface area contributed by atoms with E-state index in [1.54, 1.807) is 24.5 Å². The molecule has 0 radical (unpaired) electrons. The van der Waals surface area contributed by atoms with Crippen LogP contribution in [0.1, 0.15) is 30.6 Å². The van der Waals surface area contributed by atoms with Crippen molar-refractivity contribution in [1.29, 1.82) is 0 Å². The van der Waals surface area contributed by atoms with Crippen molar-refractivity contribution in [2.75, 3.05) is 18.2 Å². The van der Waals surface area contributed by atoms with Gasteiger partial charge in [-0.2, -0.15) is 5.10 Å². The number of nitrogens with one attached hydrogen (secondary N) is 1. The van der Waals surface area contributed by atoms with Gasteiger partial charge in [0.1, 0.15) is 17.5 Å². The number of rotatable bonds is 6. The first-order valence-corrected chi connectivity index (χ1v) is 10.1. The van der Waals surface area contributed by atoms with E-state index < -0.39 is 11.9 Å². The van der Waals surface area contributed by atoms with Gasteiger partial charge < -0.3 is 10.2 Å². The van der Waals surface area contributed by atoms with Gasteiger partial charge in [-0.25, -0.2) is 9.07 Å². The fraction of sp³-hybridized carbons (Fsp3) is 0.421. The molecule has 1 fully saturated rings. The molecule has 1 aliphatic heterocycles. The first-order chi connectivity index (χ1) is 13.0. The molecule has 2 aromatic rings. The lowest BCUT2D eigenvalue weighted by molar-refractivity contribution is -0.124. The first-order valence-electron chi connectivity index (χ1n) is 8.93. The monoisotopic (exact) mass is 390 g/mol. The van der Waals surface area contributed by atoms with Gasteiger partial charge in [0.25, 0.3) is 5.91 Å². The molecule has 1 atom stereocenters. The Morgan fingerprint density at radius 2 is 2.22 bits per heavy atom. The van der Waals surface area contributed by atoms with Crippen molar-refractivity contribution in [3.05, 3.63) is 48.0 Å². The van der Waals surface area contributed by atoms with Crippen LogP contribution in [0.2, 0.25) is 0 Å². The molecule has 0 bridgehead atoms. The van der Waals surface area contributed by atoms with E-state index >= 15 is 0 Å². The van der Waals surface area contributed by atoms with Crippen molar-refractivity contribution in [3.63, 3.8) is 0 Å². The minimum absolute atomic E-state index is 0.150. The zero-order valence-electron chi connectivity index (χ0n) is 15.4. The van der Waals surface area contributed by atoms with Crippen molar-refractivity contribution >= 4 is 23.6 Å². The van der Waals surface area contributed by atoms with Crippen molar-refractivity contribution < 1.29 is 14.0 Å². The second-order valence-electron chi connectivity index (χ2n) is 6.88. The number of amides is 2. The number of carbonyl (C=O) groups is 2. The van der Waals surface area contributed by atoms with Gasteiger partial charge in [-0.05, 0) is 36.6 Å². The van der Waals surface area contributed by atoms with Crippen LogP contribution < -0.4 is 5.32 Å². The van der Waals surface area contributed by atoms with Crippen LogP contribution in [0.4, 0.5) is 4.39 Å². The van der Waals surface area contributed by atoms with E-state index in [0.717, 1.165) is 6.42 Å². The summed E-state index contributed by atoms with van der Waals surface area (Å²) < 4.78 is 15.8. The molecule has 2 amide bonds. The number of thioether (sulfide) groups is 1. The van der Waals surface area contributed by atoms with Gasteiger partial charge in [-0.1, -0.05) is 13.8 Å². The van der Waals surface area contributed by atoms with Crippen molar-refractivity contribution in [3.8, 4) is 5.69 Å². The third-order valence-electron chi connectivity index (χ3n) is 4.41. The van der Waals surface area contributed by atoms with Gasteiger partial charge in [0, 0.05) is 30.3 Å². The van der Waals surface area contributed by atoms with E-state index in [2.05, 4.69) is 24.3 Å². The Balaban J connectivity index is 1.70. The standard InChI is InChI=1S/C19H23FN4O2S/c1-13(2)6-8-21-18(25)17-11-27-12-23(17)19(26)14-4-5-16(15(20)10-14)24-9-3-7-22-24/h3-5,7,9-10,13,17H,6,8,11-12H2,1-2H3,(H,21,25)/t17-/m0/s1.